The zero-order chi connectivity index (χ0) is 12.1. The van der Waals surface area contributed by atoms with Gasteiger partial charge in [-0.05, 0) is 29.8 Å². The van der Waals surface area contributed by atoms with Crippen LogP contribution in [0.25, 0.3) is 0 Å². The molecule has 1 aromatic carbocycles. The molecule has 4 N–H and O–H groups in total. The smallest absolute Gasteiger partial charge is 0.126 e. The van der Waals surface area contributed by atoms with E-state index < -0.39 is 0 Å². The fraction of sp³-hybridized carbons (Fsp3) is 0.0833. The Morgan fingerprint density at radius 2 is 1.88 bits per heavy atom. The van der Waals surface area contributed by atoms with Crippen LogP contribution in [0.15, 0.2) is 42.6 Å². The molecule has 88 valence electrons. The van der Waals surface area contributed by atoms with E-state index in [1.807, 2.05) is 36.4 Å². The van der Waals surface area contributed by atoms with E-state index in [1.54, 1.807) is 6.20 Å². The number of hydrazine groups is 1. The number of rotatable bonds is 4. The average molecular weight is 249 g/mol. The maximum absolute atomic E-state index is 5.81. The number of hydrogen-bond donors (Lipinski definition) is 3. The molecule has 0 aliphatic rings. The van der Waals surface area contributed by atoms with Gasteiger partial charge in [-0.2, -0.15) is 0 Å². The lowest BCUT2D eigenvalue weighted by atomic mass is 10.2. The average Bonchev–Trinajstić information content (AvgIpc) is 2.39. The number of anilines is 2. The van der Waals surface area contributed by atoms with Gasteiger partial charge in [-0.1, -0.05) is 23.7 Å². The number of nitrogens with two attached hydrogens (primary N) is 1. The molecular weight excluding hydrogens is 236 g/mol. The second-order valence-corrected chi connectivity index (χ2v) is 3.99. The molecule has 2 aromatic rings. The van der Waals surface area contributed by atoms with Crippen LogP contribution >= 0.6 is 11.6 Å². The third-order valence-corrected chi connectivity index (χ3v) is 2.57. The summed E-state index contributed by atoms with van der Waals surface area (Å²) in [6.07, 6.45) is 1.67. The van der Waals surface area contributed by atoms with Crippen LogP contribution in [-0.4, -0.2) is 4.98 Å². The first kappa shape index (κ1) is 11.7. The molecule has 4 nitrogen and oxygen atoms in total. The summed E-state index contributed by atoms with van der Waals surface area (Å²) in [5.41, 5.74) is 4.46. The van der Waals surface area contributed by atoms with Crippen LogP contribution in [0.1, 0.15) is 5.56 Å². The van der Waals surface area contributed by atoms with Gasteiger partial charge in [0, 0.05) is 11.6 Å². The van der Waals surface area contributed by atoms with E-state index in [4.69, 9.17) is 17.4 Å². The highest BCUT2D eigenvalue weighted by Gasteiger charge is 1.96. The van der Waals surface area contributed by atoms with Crippen molar-refractivity contribution in [2.24, 2.45) is 5.84 Å². The Morgan fingerprint density at radius 1 is 1.12 bits per heavy atom. The minimum absolute atomic E-state index is 0.708. The Hall–Kier alpha value is -1.78. The van der Waals surface area contributed by atoms with Crippen LogP contribution in [0, 0.1) is 0 Å². The molecule has 0 aliphatic carbocycles. The molecule has 0 radical (unpaired) electrons. The Balaban J connectivity index is 1.95. The molecule has 1 heterocycles. The van der Waals surface area contributed by atoms with E-state index in [1.165, 1.54) is 0 Å². The standard InChI is InChI=1S/C12H13ClN4/c13-10-3-1-9(2-4-10)7-15-12-6-5-11(17-14)8-16-12/h1-6,8,17H,7,14H2,(H,15,16). The molecule has 1 aromatic heterocycles. The summed E-state index contributed by atoms with van der Waals surface area (Å²) in [6, 6.07) is 11.4. The van der Waals surface area contributed by atoms with E-state index in [0.717, 1.165) is 22.1 Å². The molecule has 17 heavy (non-hydrogen) atoms. The molecule has 0 saturated heterocycles. The number of benzene rings is 1. The molecule has 2 rings (SSSR count). The number of pyridine rings is 1. The van der Waals surface area contributed by atoms with Gasteiger partial charge >= 0.3 is 0 Å². The first-order chi connectivity index (χ1) is 8.28. The number of aromatic nitrogens is 1. The van der Waals surface area contributed by atoms with Crippen molar-refractivity contribution < 1.29 is 0 Å². The van der Waals surface area contributed by atoms with Crippen molar-refractivity contribution in [2.75, 3.05) is 10.7 Å². The summed E-state index contributed by atoms with van der Waals surface area (Å²) in [5, 5.41) is 3.95. The summed E-state index contributed by atoms with van der Waals surface area (Å²) < 4.78 is 0. The number of hydrogen-bond acceptors (Lipinski definition) is 4. The van der Waals surface area contributed by atoms with E-state index in [-0.39, 0.29) is 0 Å². The van der Waals surface area contributed by atoms with Gasteiger partial charge in [0.2, 0.25) is 0 Å². The van der Waals surface area contributed by atoms with Crippen LogP contribution in [0.5, 0.6) is 0 Å². The largest absolute Gasteiger partial charge is 0.366 e. The fourth-order valence-electron chi connectivity index (χ4n) is 1.38. The molecule has 0 atom stereocenters. The molecule has 5 heteroatoms. The quantitative estimate of drug-likeness (QED) is 0.575. The number of halogens is 1. The van der Waals surface area contributed by atoms with Crippen molar-refractivity contribution in [2.45, 2.75) is 6.54 Å². The van der Waals surface area contributed by atoms with Gasteiger partial charge in [0.05, 0.1) is 11.9 Å². The van der Waals surface area contributed by atoms with Gasteiger partial charge < -0.3 is 10.7 Å². The Bertz CT molecular complexity index is 467. The molecule has 0 unspecified atom stereocenters. The zero-order valence-electron chi connectivity index (χ0n) is 9.15. The third-order valence-electron chi connectivity index (χ3n) is 2.32. The molecule has 0 bridgehead atoms. The Labute approximate surface area is 105 Å². The summed E-state index contributed by atoms with van der Waals surface area (Å²) in [4.78, 5) is 4.20. The summed E-state index contributed by atoms with van der Waals surface area (Å²) in [7, 11) is 0. The maximum atomic E-state index is 5.81. The molecule has 0 spiro atoms. The van der Waals surface area contributed by atoms with E-state index in [9.17, 15) is 0 Å². The number of nitrogens with one attached hydrogen (secondary N) is 2. The molecular formula is C12H13ClN4. The SMILES string of the molecule is NNc1ccc(NCc2ccc(Cl)cc2)nc1. The predicted molar refractivity (Wildman–Crippen MR) is 70.8 cm³/mol. The molecule has 0 amide bonds. The maximum Gasteiger partial charge on any atom is 0.126 e. The van der Waals surface area contributed by atoms with E-state index in [0.29, 0.717) is 6.54 Å². The third kappa shape index (κ3) is 3.34. The van der Waals surface area contributed by atoms with Gasteiger partial charge in [0.25, 0.3) is 0 Å². The van der Waals surface area contributed by atoms with Crippen LogP contribution in [0.4, 0.5) is 11.5 Å². The van der Waals surface area contributed by atoms with Crippen molar-refractivity contribution in [3.63, 3.8) is 0 Å². The van der Waals surface area contributed by atoms with Crippen LogP contribution < -0.4 is 16.6 Å². The normalized spacial score (nSPS) is 10.0. The lowest BCUT2D eigenvalue weighted by molar-refractivity contribution is 1.11. The highest BCUT2D eigenvalue weighted by molar-refractivity contribution is 6.30. The first-order valence-electron chi connectivity index (χ1n) is 5.19. The van der Waals surface area contributed by atoms with Crippen molar-refractivity contribution in [1.82, 2.24) is 4.98 Å². The Kier molecular flexibility index (Phi) is 3.80. The summed E-state index contributed by atoms with van der Waals surface area (Å²) in [5.74, 6) is 6.06. The minimum Gasteiger partial charge on any atom is -0.366 e. The van der Waals surface area contributed by atoms with Crippen LogP contribution in [0.2, 0.25) is 5.02 Å². The van der Waals surface area contributed by atoms with Crippen molar-refractivity contribution >= 4 is 23.1 Å². The van der Waals surface area contributed by atoms with E-state index >= 15 is 0 Å². The summed E-state index contributed by atoms with van der Waals surface area (Å²) in [6.45, 7) is 0.708. The second kappa shape index (κ2) is 5.52. The molecule has 0 fully saturated rings. The fourth-order valence-corrected chi connectivity index (χ4v) is 1.50. The van der Waals surface area contributed by atoms with Gasteiger partial charge in [0.1, 0.15) is 5.82 Å². The predicted octanol–water partition coefficient (Wildman–Crippen LogP) is 2.63. The van der Waals surface area contributed by atoms with Gasteiger partial charge in [-0.3, -0.25) is 5.84 Å². The summed E-state index contributed by atoms with van der Waals surface area (Å²) >= 11 is 5.81. The zero-order valence-corrected chi connectivity index (χ0v) is 9.91. The lowest BCUT2D eigenvalue weighted by Crippen LogP contribution is -2.07. The topological polar surface area (TPSA) is 63.0 Å². The highest BCUT2D eigenvalue weighted by Crippen LogP contribution is 2.12. The van der Waals surface area contributed by atoms with Gasteiger partial charge in [-0.15, -0.1) is 0 Å². The second-order valence-electron chi connectivity index (χ2n) is 3.56. The van der Waals surface area contributed by atoms with Crippen molar-refractivity contribution in [3.8, 4) is 0 Å². The van der Waals surface area contributed by atoms with Crippen LogP contribution in [0.3, 0.4) is 0 Å². The van der Waals surface area contributed by atoms with Crippen molar-refractivity contribution in [3.05, 3.63) is 53.2 Å². The molecule has 0 saturated carbocycles. The first-order valence-corrected chi connectivity index (χ1v) is 5.57. The monoisotopic (exact) mass is 248 g/mol. The van der Waals surface area contributed by atoms with Crippen LogP contribution in [-0.2, 0) is 6.54 Å². The number of nitrogen functional groups attached to an aromatic ring is 1. The van der Waals surface area contributed by atoms with Crippen molar-refractivity contribution in [1.29, 1.82) is 0 Å². The number of nitrogens with zero attached hydrogens (tertiary/aromatic N) is 1. The lowest BCUT2D eigenvalue weighted by Gasteiger charge is -2.06. The molecule has 0 aliphatic heterocycles. The van der Waals surface area contributed by atoms with Gasteiger partial charge in [-0.25, -0.2) is 4.98 Å². The van der Waals surface area contributed by atoms with Gasteiger partial charge in [0.15, 0.2) is 0 Å². The Morgan fingerprint density at radius 3 is 2.47 bits per heavy atom. The van der Waals surface area contributed by atoms with E-state index in [2.05, 4.69) is 15.7 Å². The minimum atomic E-state index is 0.708. The highest BCUT2D eigenvalue weighted by atomic mass is 35.5.